The lowest BCUT2D eigenvalue weighted by molar-refractivity contribution is -0.113. The number of carbonyl (C=O) groups excluding carboxylic acids is 1. The fourth-order valence-corrected chi connectivity index (χ4v) is 2.59. The number of amides is 1. The lowest BCUT2D eigenvalue weighted by atomic mass is 10.1. The molecule has 0 bridgehead atoms. The average Bonchev–Trinajstić information content (AvgIpc) is 2.99. The zero-order valence-electron chi connectivity index (χ0n) is 13.7. The van der Waals surface area contributed by atoms with Gasteiger partial charge in [-0.1, -0.05) is 30.8 Å². The molecule has 0 radical (unpaired) electrons. The molecule has 0 saturated heterocycles. The molecule has 0 aliphatic rings. The largest absolute Gasteiger partial charge is 0.325 e. The number of aryl methyl sites for hydroxylation is 1. The van der Waals surface area contributed by atoms with Crippen molar-refractivity contribution in [2.75, 3.05) is 31.7 Å². The number of nitrogens with one attached hydrogen (secondary N) is 1. The van der Waals surface area contributed by atoms with E-state index >= 15 is 0 Å². The zero-order valence-corrected chi connectivity index (χ0v) is 14.5. The van der Waals surface area contributed by atoms with Gasteiger partial charge in [0.1, 0.15) is 0 Å². The van der Waals surface area contributed by atoms with Gasteiger partial charge in [-0.25, -0.2) is 4.68 Å². The van der Waals surface area contributed by atoms with Crippen LogP contribution in [-0.2, 0) is 17.8 Å². The molecule has 0 saturated carbocycles. The molecular weight excluding hydrogens is 312 g/mol. The van der Waals surface area contributed by atoms with E-state index in [4.69, 9.17) is 0 Å². The highest BCUT2D eigenvalue weighted by atomic mass is 32.2. The third-order valence-corrected chi connectivity index (χ3v) is 4.19. The number of hydrogen-bond donors (Lipinski definition) is 1. The summed E-state index contributed by atoms with van der Waals surface area (Å²) in [5.74, 6) is 0.208. The van der Waals surface area contributed by atoms with Crippen LogP contribution in [0, 0.1) is 0 Å². The van der Waals surface area contributed by atoms with Crippen molar-refractivity contribution in [3.05, 3.63) is 29.8 Å². The van der Waals surface area contributed by atoms with Crippen molar-refractivity contribution < 1.29 is 4.79 Å². The van der Waals surface area contributed by atoms with Gasteiger partial charge in [-0.2, -0.15) is 0 Å². The SMILES string of the molecule is CCc1ccc(NC(=O)CSc2nnnn2CCN(C)C)cc1. The fourth-order valence-electron chi connectivity index (χ4n) is 1.89. The van der Waals surface area contributed by atoms with Gasteiger partial charge in [0.05, 0.1) is 12.3 Å². The number of nitrogens with zero attached hydrogens (tertiary/aromatic N) is 5. The van der Waals surface area contributed by atoms with Crippen LogP contribution in [0.1, 0.15) is 12.5 Å². The van der Waals surface area contributed by atoms with E-state index < -0.39 is 0 Å². The molecule has 0 spiro atoms. The Morgan fingerprint density at radius 2 is 2.04 bits per heavy atom. The minimum atomic E-state index is -0.0681. The van der Waals surface area contributed by atoms with E-state index in [-0.39, 0.29) is 11.7 Å². The van der Waals surface area contributed by atoms with E-state index in [1.165, 1.54) is 17.3 Å². The third-order valence-electron chi connectivity index (χ3n) is 3.24. The molecule has 0 atom stereocenters. The normalized spacial score (nSPS) is 11.0. The van der Waals surface area contributed by atoms with Gasteiger partial charge in [-0.05, 0) is 48.6 Å². The summed E-state index contributed by atoms with van der Waals surface area (Å²) in [6, 6.07) is 7.88. The lowest BCUT2D eigenvalue weighted by Gasteiger charge is -2.10. The molecule has 124 valence electrons. The minimum absolute atomic E-state index is 0.0681. The average molecular weight is 334 g/mol. The topological polar surface area (TPSA) is 75.9 Å². The highest BCUT2D eigenvalue weighted by Gasteiger charge is 2.10. The van der Waals surface area contributed by atoms with Crippen LogP contribution in [0.4, 0.5) is 5.69 Å². The highest BCUT2D eigenvalue weighted by Crippen LogP contribution is 2.15. The van der Waals surface area contributed by atoms with Gasteiger partial charge in [0.2, 0.25) is 11.1 Å². The van der Waals surface area contributed by atoms with Gasteiger partial charge in [-0.15, -0.1) is 5.10 Å². The number of anilines is 1. The second kappa shape index (κ2) is 8.64. The van der Waals surface area contributed by atoms with E-state index in [0.29, 0.717) is 11.7 Å². The van der Waals surface area contributed by atoms with E-state index in [9.17, 15) is 4.79 Å². The van der Waals surface area contributed by atoms with Crippen LogP contribution in [-0.4, -0.2) is 57.4 Å². The van der Waals surface area contributed by atoms with Crippen LogP contribution in [0.2, 0.25) is 0 Å². The summed E-state index contributed by atoms with van der Waals surface area (Å²) in [7, 11) is 3.99. The van der Waals surface area contributed by atoms with E-state index in [0.717, 1.165) is 18.7 Å². The predicted octanol–water partition coefficient (Wildman–Crippen LogP) is 1.53. The quantitative estimate of drug-likeness (QED) is 0.738. The second-order valence-electron chi connectivity index (χ2n) is 5.38. The van der Waals surface area contributed by atoms with E-state index in [1.54, 1.807) is 4.68 Å². The molecule has 2 rings (SSSR count). The van der Waals surface area contributed by atoms with Crippen molar-refractivity contribution in [3.8, 4) is 0 Å². The van der Waals surface area contributed by atoms with Crippen LogP contribution in [0.5, 0.6) is 0 Å². The summed E-state index contributed by atoms with van der Waals surface area (Å²) < 4.78 is 1.72. The molecule has 1 N–H and O–H groups in total. The molecule has 0 unspecified atom stereocenters. The van der Waals surface area contributed by atoms with Crippen molar-refractivity contribution in [1.29, 1.82) is 0 Å². The molecule has 0 fully saturated rings. The number of tetrazole rings is 1. The maximum Gasteiger partial charge on any atom is 0.234 e. The summed E-state index contributed by atoms with van der Waals surface area (Å²) in [6.07, 6.45) is 0.986. The first-order valence-electron chi connectivity index (χ1n) is 7.51. The Balaban J connectivity index is 1.83. The van der Waals surface area contributed by atoms with Crippen LogP contribution >= 0.6 is 11.8 Å². The Morgan fingerprint density at radius 3 is 2.70 bits per heavy atom. The second-order valence-corrected chi connectivity index (χ2v) is 6.32. The van der Waals surface area contributed by atoms with Gasteiger partial charge in [-0.3, -0.25) is 4.79 Å². The van der Waals surface area contributed by atoms with Crippen molar-refractivity contribution >= 4 is 23.4 Å². The summed E-state index contributed by atoms with van der Waals surface area (Å²) in [4.78, 5) is 14.1. The number of carbonyl (C=O) groups is 1. The molecule has 1 aromatic heterocycles. The molecular formula is C15H22N6OS. The first-order valence-corrected chi connectivity index (χ1v) is 8.49. The Kier molecular flexibility index (Phi) is 6.54. The number of likely N-dealkylation sites (N-methyl/N-ethyl adjacent to an activating group) is 1. The maximum absolute atomic E-state index is 12.0. The summed E-state index contributed by atoms with van der Waals surface area (Å²) in [6.45, 7) is 3.64. The lowest BCUT2D eigenvalue weighted by Crippen LogP contribution is -2.20. The standard InChI is InChI=1S/C15H22N6OS/c1-4-12-5-7-13(8-6-12)16-14(22)11-23-15-17-18-19-21(15)10-9-20(2)3/h5-8H,4,9-11H2,1-3H3,(H,16,22). The molecule has 23 heavy (non-hydrogen) atoms. The molecule has 7 nitrogen and oxygen atoms in total. The molecule has 1 aromatic carbocycles. The van der Waals surface area contributed by atoms with Gasteiger partial charge in [0.15, 0.2) is 0 Å². The van der Waals surface area contributed by atoms with Crippen molar-refractivity contribution in [3.63, 3.8) is 0 Å². The molecule has 0 aliphatic heterocycles. The number of benzene rings is 1. The maximum atomic E-state index is 12.0. The number of rotatable bonds is 8. The fraction of sp³-hybridized carbons (Fsp3) is 0.467. The van der Waals surface area contributed by atoms with E-state index in [1.807, 2.05) is 38.4 Å². The molecule has 8 heteroatoms. The van der Waals surface area contributed by atoms with Gasteiger partial charge >= 0.3 is 0 Å². The smallest absolute Gasteiger partial charge is 0.234 e. The Morgan fingerprint density at radius 1 is 1.30 bits per heavy atom. The Bertz CT molecular complexity index is 625. The molecule has 1 amide bonds. The van der Waals surface area contributed by atoms with E-state index in [2.05, 4.69) is 32.7 Å². The molecule has 0 aliphatic carbocycles. The zero-order chi connectivity index (χ0) is 16.7. The Hall–Kier alpha value is -1.93. The van der Waals surface area contributed by atoms with Crippen molar-refractivity contribution in [2.24, 2.45) is 0 Å². The van der Waals surface area contributed by atoms with Gasteiger partial charge in [0, 0.05) is 12.2 Å². The summed E-state index contributed by atoms with van der Waals surface area (Å²) in [5, 5.41) is 15.1. The van der Waals surface area contributed by atoms with Crippen LogP contribution < -0.4 is 5.32 Å². The summed E-state index contributed by atoms with van der Waals surface area (Å²) in [5.41, 5.74) is 2.05. The predicted molar refractivity (Wildman–Crippen MR) is 91.5 cm³/mol. The van der Waals surface area contributed by atoms with Gasteiger partial charge in [0.25, 0.3) is 0 Å². The first kappa shape index (κ1) is 17.4. The molecule has 2 aromatic rings. The first-order chi connectivity index (χ1) is 11.1. The summed E-state index contributed by atoms with van der Waals surface area (Å²) >= 11 is 1.34. The minimum Gasteiger partial charge on any atom is -0.325 e. The van der Waals surface area contributed by atoms with Crippen molar-refractivity contribution in [1.82, 2.24) is 25.1 Å². The number of hydrogen-bond acceptors (Lipinski definition) is 6. The van der Waals surface area contributed by atoms with Crippen LogP contribution in [0.15, 0.2) is 29.4 Å². The van der Waals surface area contributed by atoms with Crippen LogP contribution in [0.25, 0.3) is 0 Å². The number of aromatic nitrogens is 4. The Labute approximate surface area is 140 Å². The van der Waals surface area contributed by atoms with Crippen LogP contribution in [0.3, 0.4) is 0 Å². The van der Waals surface area contributed by atoms with Gasteiger partial charge < -0.3 is 10.2 Å². The molecule has 1 heterocycles. The number of thioether (sulfide) groups is 1. The monoisotopic (exact) mass is 334 g/mol. The van der Waals surface area contributed by atoms with Crippen molar-refractivity contribution in [2.45, 2.75) is 25.0 Å². The highest BCUT2D eigenvalue weighted by molar-refractivity contribution is 7.99. The third kappa shape index (κ3) is 5.65.